The second kappa shape index (κ2) is 9.59. The van der Waals surface area contributed by atoms with Gasteiger partial charge in [0.1, 0.15) is 5.69 Å². The molecule has 7 nitrogen and oxygen atoms in total. The first-order valence-corrected chi connectivity index (χ1v) is 11.0. The van der Waals surface area contributed by atoms with Gasteiger partial charge in [-0.3, -0.25) is 19.8 Å². The Morgan fingerprint density at radius 2 is 1.56 bits per heavy atom. The maximum atomic E-state index is 13.1. The number of aromatic nitrogens is 1. The third-order valence-corrected chi connectivity index (χ3v) is 5.73. The molecule has 0 unspecified atom stereocenters. The predicted molar refractivity (Wildman–Crippen MR) is 135 cm³/mol. The number of anilines is 2. The van der Waals surface area contributed by atoms with Crippen molar-refractivity contribution < 1.29 is 14.4 Å². The molecule has 0 aliphatic heterocycles. The summed E-state index contributed by atoms with van der Waals surface area (Å²) in [5.74, 6) is -2.35. The van der Waals surface area contributed by atoms with Crippen molar-refractivity contribution in [2.24, 2.45) is 0 Å². The van der Waals surface area contributed by atoms with Crippen LogP contribution in [-0.2, 0) is 9.59 Å². The molecular formula is C25H20Cl2N4O3. The molecule has 3 N–H and O–H groups in total. The van der Waals surface area contributed by atoms with Crippen molar-refractivity contribution in [2.75, 3.05) is 16.1 Å². The second-order valence-electron chi connectivity index (χ2n) is 7.72. The molecule has 4 aromatic rings. The Bertz CT molecular complexity index is 1450. The fourth-order valence-electron chi connectivity index (χ4n) is 3.51. The van der Waals surface area contributed by atoms with E-state index >= 15 is 0 Å². The average molecular weight is 495 g/mol. The molecule has 34 heavy (non-hydrogen) atoms. The maximum Gasteiger partial charge on any atom is 0.328 e. The van der Waals surface area contributed by atoms with Crippen LogP contribution in [0.3, 0.4) is 0 Å². The van der Waals surface area contributed by atoms with Crippen molar-refractivity contribution >= 4 is 63.2 Å². The SMILES string of the molecule is Cc1ccc(NC(=O)C(=O)Nn2c(C(=O)Nc3ccccc3Cl)cc3cc(Cl)ccc32)c(C)c1. The molecule has 0 fully saturated rings. The zero-order chi connectivity index (χ0) is 24.4. The molecule has 3 aromatic carbocycles. The van der Waals surface area contributed by atoms with Crippen molar-refractivity contribution in [1.29, 1.82) is 0 Å². The van der Waals surface area contributed by atoms with Gasteiger partial charge in [-0.05, 0) is 61.9 Å². The Morgan fingerprint density at radius 1 is 0.794 bits per heavy atom. The summed E-state index contributed by atoms with van der Waals surface area (Å²) in [6.07, 6.45) is 0. The summed E-state index contributed by atoms with van der Waals surface area (Å²) < 4.78 is 1.25. The lowest BCUT2D eigenvalue weighted by atomic mass is 10.1. The minimum Gasteiger partial charge on any atom is -0.319 e. The van der Waals surface area contributed by atoms with Crippen LogP contribution in [0.4, 0.5) is 11.4 Å². The third kappa shape index (κ3) is 4.90. The smallest absolute Gasteiger partial charge is 0.319 e. The van der Waals surface area contributed by atoms with Crippen LogP contribution in [0.5, 0.6) is 0 Å². The summed E-state index contributed by atoms with van der Waals surface area (Å²) in [7, 11) is 0. The first-order chi connectivity index (χ1) is 16.2. The molecule has 0 aliphatic rings. The summed E-state index contributed by atoms with van der Waals surface area (Å²) >= 11 is 12.3. The lowest BCUT2D eigenvalue weighted by molar-refractivity contribution is -0.133. The van der Waals surface area contributed by atoms with E-state index in [9.17, 15) is 14.4 Å². The van der Waals surface area contributed by atoms with Gasteiger partial charge in [0.25, 0.3) is 5.91 Å². The quantitative estimate of drug-likeness (QED) is 0.326. The molecule has 0 radical (unpaired) electrons. The number of carbonyl (C=O) groups excluding carboxylic acids is 3. The first kappa shape index (κ1) is 23.4. The van der Waals surface area contributed by atoms with Gasteiger partial charge in [0.05, 0.1) is 16.2 Å². The summed E-state index contributed by atoms with van der Waals surface area (Å²) in [6.45, 7) is 3.77. The molecule has 0 aliphatic carbocycles. The summed E-state index contributed by atoms with van der Waals surface area (Å²) in [4.78, 5) is 38.5. The number of halogens is 2. The van der Waals surface area contributed by atoms with Crippen molar-refractivity contribution in [2.45, 2.75) is 13.8 Å². The molecule has 0 atom stereocenters. The lowest BCUT2D eigenvalue weighted by Gasteiger charge is -2.14. The highest BCUT2D eigenvalue weighted by Crippen LogP contribution is 2.25. The monoisotopic (exact) mass is 494 g/mol. The Kier molecular flexibility index (Phi) is 6.58. The maximum absolute atomic E-state index is 13.1. The van der Waals surface area contributed by atoms with Crippen LogP contribution in [0.2, 0.25) is 10.0 Å². The van der Waals surface area contributed by atoms with Crippen LogP contribution < -0.4 is 16.1 Å². The normalized spacial score (nSPS) is 10.7. The highest BCUT2D eigenvalue weighted by molar-refractivity contribution is 6.42. The molecule has 9 heteroatoms. The van der Waals surface area contributed by atoms with Gasteiger partial charge in [-0.15, -0.1) is 0 Å². The second-order valence-corrected chi connectivity index (χ2v) is 8.56. The number of rotatable bonds is 4. The summed E-state index contributed by atoms with van der Waals surface area (Å²) in [5.41, 5.74) is 5.87. The van der Waals surface area contributed by atoms with Gasteiger partial charge in [0.2, 0.25) is 0 Å². The van der Waals surface area contributed by atoms with E-state index in [-0.39, 0.29) is 5.69 Å². The number of hydrogen-bond donors (Lipinski definition) is 3. The van der Waals surface area contributed by atoms with Crippen LogP contribution in [-0.4, -0.2) is 22.4 Å². The van der Waals surface area contributed by atoms with E-state index in [0.29, 0.717) is 32.3 Å². The number of carbonyl (C=O) groups is 3. The topological polar surface area (TPSA) is 92.2 Å². The van der Waals surface area contributed by atoms with Crippen molar-refractivity contribution in [3.05, 3.63) is 93.6 Å². The highest BCUT2D eigenvalue weighted by Gasteiger charge is 2.22. The van der Waals surface area contributed by atoms with Gasteiger partial charge < -0.3 is 10.6 Å². The number of benzene rings is 3. The Balaban J connectivity index is 1.64. The number of aryl methyl sites for hydroxylation is 2. The van der Waals surface area contributed by atoms with E-state index in [1.165, 1.54) is 4.68 Å². The van der Waals surface area contributed by atoms with Gasteiger partial charge in [0.15, 0.2) is 0 Å². The van der Waals surface area contributed by atoms with E-state index in [0.717, 1.165) is 11.1 Å². The van der Waals surface area contributed by atoms with Crippen molar-refractivity contribution in [3.8, 4) is 0 Å². The molecule has 0 bridgehead atoms. The third-order valence-electron chi connectivity index (χ3n) is 5.17. The Labute approximate surface area is 205 Å². The molecule has 0 saturated heterocycles. The van der Waals surface area contributed by atoms with Gasteiger partial charge >= 0.3 is 11.8 Å². The number of nitrogens with zero attached hydrogens (tertiary/aromatic N) is 1. The van der Waals surface area contributed by atoms with Gasteiger partial charge in [-0.2, -0.15) is 0 Å². The van der Waals surface area contributed by atoms with Gasteiger partial charge in [-0.25, -0.2) is 4.68 Å². The van der Waals surface area contributed by atoms with Gasteiger partial charge in [-0.1, -0.05) is 53.0 Å². The first-order valence-electron chi connectivity index (χ1n) is 10.3. The number of amides is 3. The number of hydrogen-bond acceptors (Lipinski definition) is 3. The summed E-state index contributed by atoms with van der Waals surface area (Å²) in [6, 6.07) is 18.7. The number of nitrogens with one attached hydrogen (secondary N) is 3. The van der Waals surface area contributed by atoms with E-state index in [1.54, 1.807) is 54.6 Å². The molecule has 172 valence electrons. The largest absolute Gasteiger partial charge is 0.328 e. The molecule has 1 aromatic heterocycles. The molecule has 0 saturated carbocycles. The fourth-order valence-corrected chi connectivity index (χ4v) is 3.87. The minimum atomic E-state index is -0.945. The van der Waals surface area contributed by atoms with E-state index in [2.05, 4.69) is 16.1 Å². The molecule has 3 amide bonds. The van der Waals surface area contributed by atoms with Crippen LogP contribution >= 0.6 is 23.2 Å². The number of fused-ring (bicyclic) bond motifs is 1. The zero-order valence-electron chi connectivity index (χ0n) is 18.3. The van der Waals surface area contributed by atoms with Gasteiger partial charge in [0, 0.05) is 16.1 Å². The minimum absolute atomic E-state index is 0.0878. The van der Waals surface area contributed by atoms with Crippen LogP contribution in [0.25, 0.3) is 10.9 Å². The van der Waals surface area contributed by atoms with E-state index in [4.69, 9.17) is 23.2 Å². The van der Waals surface area contributed by atoms with Crippen LogP contribution in [0, 0.1) is 13.8 Å². The molecule has 4 rings (SSSR count). The standard InChI is InChI=1S/C25H20Cl2N4O3/c1-14-7-9-19(15(2)11-14)28-24(33)25(34)30-31-21-10-8-17(26)12-16(21)13-22(31)23(32)29-20-6-4-3-5-18(20)27/h3-13H,1-2H3,(H,28,33)(H,29,32)(H,30,34). The zero-order valence-corrected chi connectivity index (χ0v) is 19.8. The van der Waals surface area contributed by atoms with Crippen LogP contribution in [0.1, 0.15) is 21.6 Å². The molecule has 1 heterocycles. The van der Waals surface area contributed by atoms with E-state index in [1.807, 2.05) is 26.0 Å². The Morgan fingerprint density at radius 3 is 2.29 bits per heavy atom. The highest BCUT2D eigenvalue weighted by atomic mass is 35.5. The Hall–Kier alpha value is -3.81. The van der Waals surface area contributed by atoms with E-state index < -0.39 is 17.7 Å². The van der Waals surface area contributed by atoms with Crippen molar-refractivity contribution in [1.82, 2.24) is 4.68 Å². The summed E-state index contributed by atoms with van der Waals surface area (Å²) in [5, 5.41) is 6.74. The molecular weight excluding hydrogens is 475 g/mol. The predicted octanol–water partition coefficient (Wildman–Crippen LogP) is 5.53. The fraction of sp³-hybridized carbons (Fsp3) is 0.0800. The van der Waals surface area contributed by atoms with Crippen LogP contribution in [0.15, 0.2) is 66.7 Å². The lowest BCUT2D eigenvalue weighted by Crippen LogP contribution is -2.36. The van der Waals surface area contributed by atoms with Crippen molar-refractivity contribution in [3.63, 3.8) is 0 Å². The average Bonchev–Trinajstić information content (AvgIpc) is 3.14. The molecule has 0 spiro atoms. The number of para-hydroxylation sites is 1.